The quantitative estimate of drug-likeness (QED) is 0.750. The van der Waals surface area contributed by atoms with Gasteiger partial charge >= 0.3 is 0 Å². The normalized spacial score (nSPS) is 35.3. The fourth-order valence-electron chi connectivity index (χ4n) is 5.30. The molecule has 1 aliphatic heterocycles. The van der Waals surface area contributed by atoms with Crippen LogP contribution in [0.15, 0.2) is 12.7 Å². The molecule has 3 rings (SSSR count). The van der Waals surface area contributed by atoms with Crippen molar-refractivity contribution in [3.63, 3.8) is 0 Å². The lowest BCUT2D eigenvalue weighted by atomic mass is 9.78. The van der Waals surface area contributed by atoms with Crippen molar-refractivity contribution in [1.82, 2.24) is 10.6 Å². The van der Waals surface area contributed by atoms with Crippen LogP contribution >= 0.6 is 0 Å². The zero-order chi connectivity index (χ0) is 19.2. The van der Waals surface area contributed by atoms with Crippen molar-refractivity contribution in [3.05, 3.63) is 12.7 Å². The fraction of sp³-hybridized carbons (Fsp3) is 0.800. The van der Waals surface area contributed by atoms with Gasteiger partial charge in [0.15, 0.2) is 5.79 Å². The third-order valence-corrected chi connectivity index (χ3v) is 5.99. The van der Waals surface area contributed by atoms with Crippen LogP contribution in [0, 0.1) is 17.8 Å². The summed E-state index contributed by atoms with van der Waals surface area (Å²) in [6.07, 6.45) is 4.71. The van der Waals surface area contributed by atoms with Crippen LogP contribution in [0.5, 0.6) is 0 Å². The molecule has 1 saturated heterocycles. The van der Waals surface area contributed by atoms with Crippen molar-refractivity contribution < 1.29 is 19.1 Å². The van der Waals surface area contributed by atoms with E-state index >= 15 is 0 Å². The molecular formula is C20H32N2O4. The summed E-state index contributed by atoms with van der Waals surface area (Å²) in [4.78, 5) is 25.4. The monoisotopic (exact) mass is 364 g/mol. The summed E-state index contributed by atoms with van der Waals surface area (Å²) in [5, 5.41) is 6.14. The smallest absolute Gasteiger partial charge is 0.246 e. The number of allylic oxidation sites excluding steroid dienone is 1. The molecule has 1 heterocycles. The van der Waals surface area contributed by atoms with E-state index in [0.717, 1.165) is 12.8 Å². The van der Waals surface area contributed by atoms with E-state index in [9.17, 15) is 9.59 Å². The van der Waals surface area contributed by atoms with Crippen LogP contribution < -0.4 is 10.6 Å². The molecule has 1 spiro atoms. The Morgan fingerprint density at radius 2 is 1.85 bits per heavy atom. The highest BCUT2D eigenvalue weighted by atomic mass is 16.7. The predicted molar refractivity (Wildman–Crippen MR) is 98.2 cm³/mol. The van der Waals surface area contributed by atoms with Gasteiger partial charge in [-0.2, -0.15) is 0 Å². The Morgan fingerprint density at radius 3 is 2.38 bits per heavy atom. The van der Waals surface area contributed by atoms with E-state index in [4.69, 9.17) is 9.47 Å². The third-order valence-electron chi connectivity index (χ3n) is 5.99. The van der Waals surface area contributed by atoms with Crippen LogP contribution in [-0.2, 0) is 19.1 Å². The average molecular weight is 364 g/mol. The first-order valence-electron chi connectivity index (χ1n) is 9.61. The van der Waals surface area contributed by atoms with Gasteiger partial charge in [0.2, 0.25) is 11.8 Å². The molecule has 4 unspecified atom stereocenters. The maximum absolute atomic E-state index is 13.3. The summed E-state index contributed by atoms with van der Waals surface area (Å²) in [7, 11) is 0. The van der Waals surface area contributed by atoms with E-state index in [1.54, 1.807) is 0 Å². The second-order valence-corrected chi connectivity index (χ2v) is 9.13. The number of rotatable bonds is 4. The molecule has 2 N–H and O–H groups in total. The van der Waals surface area contributed by atoms with Crippen LogP contribution in [-0.4, -0.2) is 41.9 Å². The fourth-order valence-corrected chi connectivity index (χ4v) is 5.30. The maximum atomic E-state index is 13.3. The highest BCUT2D eigenvalue weighted by Gasteiger charge is 2.64. The van der Waals surface area contributed by atoms with Crippen molar-refractivity contribution in [1.29, 1.82) is 0 Å². The molecule has 6 nitrogen and oxygen atoms in total. The van der Waals surface area contributed by atoms with Gasteiger partial charge in [-0.15, -0.1) is 6.58 Å². The Hall–Kier alpha value is -1.40. The van der Waals surface area contributed by atoms with Gasteiger partial charge in [-0.05, 0) is 51.4 Å². The molecule has 0 aromatic carbocycles. The summed E-state index contributed by atoms with van der Waals surface area (Å²) < 4.78 is 11.8. The van der Waals surface area contributed by atoms with Gasteiger partial charge in [0.05, 0.1) is 13.2 Å². The number of nitrogens with one attached hydrogen (secondary N) is 2. The minimum absolute atomic E-state index is 0.0107. The van der Waals surface area contributed by atoms with Crippen LogP contribution in [0.25, 0.3) is 0 Å². The number of ether oxygens (including phenoxy) is 2. The predicted octanol–water partition coefficient (Wildman–Crippen LogP) is 2.14. The molecule has 2 amide bonds. The first-order valence-corrected chi connectivity index (χ1v) is 9.61. The highest BCUT2D eigenvalue weighted by Crippen LogP contribution is 2.58. The minimum Gasteiger partial charge on any atom is -0.349 e. The number of hydrogen-bond donors (Lipinski definition) is 2. The van der Waals surface area contributed by atoms with Gasteiger partial charge in [0.25, 0.3) is 0 Å². The summed E-state index contributed by atoms with van der Waals surface area (Å²) in [6.45, 7) is 12.5. The van der Waals surface area contributed by atoms with Crippen molar-refractivity contribution in [2.24, 2.45) is 17.8 Å². The van der Waals surface area contributed by atoms with Crippen molar-refractivity contribution in [2.45, 2.75) is 70.2 Å². The molecule has 2 aliphatic carbocycles. The molecule has 0 radical (unpaired) electrons. The molecule has 6 heteroatoms. The van der Waals surface area contributed by atoms with E-state index in [1.165, 1.54) is 6.92 Å². The van der Waals surface area contributed by atoms with Crippen LogP contribution in [0.3, 0.4) is 0 Å². The first kappa shape index (κ1) is 19.4. The summed E-state index contributed by atoms with van der Waals surface area (Å²) >= 11 is 0. The minimum atomic E-state index is -0.900. The molecule has 0 aromatic heterocycles. The van der Waals surface area contributed by atoms with E-state index in [-0.39, 0.29) is 35.1 Å². The summed E-state index contributed by atoms with van der Waals surface area (Å²) in [6, 6.07) is 0. The van der Waals surface area contributed by atoms with E-state index in [1.807, 2.05) is 26.8 Å². The lowest BCUT2D eigenvalue weighted by Crippen LogP contribution is -2.64. The molecule has 0 bridgehead atoms. The molecule has 26 heavy (non-hydrogen) atoms. The first-order chi connectivity index (χ1) is 12.1. The number of fused-ring (bicyclic) bond motifs is 1. The Labute approximate surface area is 156 Å². The largest absolute Gasteiger partial charge is 0.349 e. The Morgan fingerprint density at radius 1 is 1.19 bits per heavy atom. The maximum Gasteiger partial charge on any atom is 0.246 e. The van der Waals surface area contributed by atoms with Crippen molar-refractivity contribution in [3.8, 4) is 0 Å². The van der Waals surface area contributed by atoms with Crippen molar-refractivity contribution in [2.75, 3.05) is 13.2 Å². The summed E-state index contributed by atoms with van der Waals surface area (Å²) in [5.74, 6) is -0.213. The SMILES string of the molecule is C=CCC1C2CC3(CC2CC1(NC(C)=O)C(=O)NC(C)(C)C)OCCO3. The third kappa shape index (κ3) is 3.41. The average Bonchev–Trinajstić information content (AvgIpc) is 3.15. The van der Waals surface area contributed by atoms with Gasteiger partial charge in [0.1, 0.15) is 5.54 Å². The van der Waals surface area contributed by atoms with Gasteiger partial charge < -0.3 is 20.1 Å². The lowest BCUT2D eigenvalue weighted by molar-refractivity contribution is -0.159. The molecule has 146 valence electrons. The topological polar surface area (TPSA) is 76.7 Å². The Kier molecular flexibility index (Phi) is 4.95. The van der Waals surface area contributed by atoms with Gasteiger partial charge in [-0.3, -0.25) is 9.59 Å². The van der Waals surface area contributed by atoms with Crippen LogP contribution in [0.2, 0.25) is 0 Å². The van der Waals surface area contributed by atoms with Crippen LogP contribution in [0.4, 0.5) is 0 Å². The Bertz CT molecular complexity index is 591. The van der Waals surface area contributed by atoms with E-state index in [0.29, 0.717) is 26.1 Å². The van der Waals surface area contributed by atoms with Crippen molar-refractivity contribution >= 4 is 11.8 Å². The second-order valence-electron chi connectivity index (χ2n) is 9.13. The van der Waals surface area contributed by atoms with Gasteiger partial charge in [-0.1, -0.05) is 6.08 Å². The molecule has 3 fully saturated rings. The number of carbonyl (C=O) groups excluding carboxylic acids is 2. The molecule has 2 saturated carbocycles. The zero-order valence-electron chi connectivity index (χ0n) is 16.4. The molecule has 3 aliphatic rings. The van der Waals surface area contributed by atoms with Gasteiger partial charge in [-0.25, -0.2) is 0 Å². The standard InChI is InChI=1S/C20H32N2O4/c1-6-7-16-15-12-19(25-8-9-26-19)10-14(15)11-20(16,21-13(2)23)17(24)22-18(3,4)5/h6,14-16H,1,7-12H2,2-5H3,(H,21,23)(H,22,24). The molecule has 4 atom stereocenters. The van der Waals surface area contributed by atoms with Gasteiger partial charge in [0, 0.05) is 25.3 Å². The molecular weight excluding hydrogens is 332 g/mol. The van der Waals surface area contributed by atoms with E-state index in [2.05, 4.69) is 17.2 Å². The van der Waals surface area contributed by atoms with Crippen LogP contribution in [0.1, 0.15) is 53.4 Å². The Balaban J connectivity index is 1.92. The lowest BCUT2D eigenvalue weighted by Gasteiger charge is -2.39. The zero-order valence-corrected chi connectivity index (χ0v) is 16.4. The second kappa shape index (κ2) is 6.64. The number of hydrogen-bond acceptors (Lipinski definition) is 4. The number of carbonyl (C=O) groups is 2. The number of amides is 2. The van der Waals surface area contributed by atoms with E-state index < -0.39 is 11.3 Å². The summed E-state index contributed by atoms with van der Waals surface area (Å²) in [5.41, 5.74) is -1.26. The molecule has 0 aromatic rings. The highest BCUT2D eigenvalue weighted by molar-refractivity contribution is 5.92.